The molecule has 0 atom stereocenters. The molecule has 0 aliphatic carbocycles. The highest BCUT2D eigenvalue weighted by atomic mass is 32.2. The average molecular weight is 129 g/mol. The minimum atomic E-state index is 1.14. The summed E-state index contributed by atoms with van der Waals surface area (Å²) in [5, 5.41) is 4.68. The number of hydrogen-bond donors (Lipinski definition) is 1. The molecule has 1 N–H and O–H groups in total. The minimum Gasteiger partial charge on any atom is -0.380 e. The molecule has 0 aromatic heterocycles. The zero-order chi connectivity index (χ0) is 5.98. The zero-order valence-corrected chi connectivity index (χ0v) is 6.14. The molecule has 1 heterocycles. The third kappa shape index (κ3) is 0.996. The topological polar surface area (TPSA) is 12.0 Å². The predicted molar refractivity (Wildman–Crippen MR) is 38.8 cm³/mol. The van der Waals surface area contributed by atoms with Crippen LogP contribution in [-0.2, 0) is 0 Å². The maximum absolute atomic E-state index is 3.30. The first kappa shape index (κ1) is 6.02. The SMILES string of the molecule is CSC1=C(C)CCN1. The van der Waals surface area contributed by atoms with E-state index in [9.17, 15) is 0 Å². The molecule has 1 aliphatic heterocycles. The van der Waals surface area contributed by atoms with Crippen molar-refractivity contribution >= 4 is 11.8 Å². The number of hydrogen-bond acceptors (Lipinski definition) is 2. The first-order valence-corrected chi connectivity index (χ1v) is 4.04. The van der Waals surface area contributed by atoms with E-state index in [-0.39, 0.29) is 0 Å². The van der Waals surface area contributed by atoms with Crippen LogP contribution >= 0.6 is 11.8 Å². The summed E-state index contributed by atoms with van der Waals surface area (Å²) >= 11 is 1.81. The molecule has 0 radical (unpaired) electrons. The summed E-state index contributed by atoms with van der Waals surface area (Å²) in [4.78, 5) is 0. The van der Waals surface area contributed by atoms with Gasteiger partial charge in [-0.05, 0) is 25.2 Å². The Hall–Kier alpha value is -0.110. The third-order valence-electron chi connectivity index (χ3n) is 1.38. The molecule has 0 unspecified atom stereocenters. The Bertz CT molecular complexity index is 118. The lowest BCUT2D eigenvalue weighted by Crippen LogP contribution is -2.03. The molecule has 0 amide bonds. The highest BCUT2D eigenvalue weighted by molar-refractivity contribution is 8.02. The van der Waals surface area contributed by atoms with Crippen molar-refractivity contribution in [3.63, 3.8) is 0 Å². The van der Waals surface area contributed by atoms with Crippen LogP contribution in [0.15, 0.2) is 10.6 Å². The molecule has 8 heavy (non-hydrogen) atoms. The molecule has 0 aromatic rings. The standard InChI is InChI=1S/C6H11NS/c1-5-3-4-7-6(5)8-2/h7H,3-4H2,1-2H3. The molecule has 46 valence electrons. The lowest BCUT2D eigenvalue weighted by Gasteiger charge is -1.96. The van der Waals surface area contributed by atoms with Crippen molar-refractivity contribution in [2.45, 2.75) is 13.3 Å². The van der Waals surface area contributed by atoms with E-state index in [4.69, 9.17) is 0 Å². The Balaban J connectivity index is 2.58. The van der Waals surface area contributed by atoms with Gasteiger partial charge >= 0.3 is 0 Å². The van der Waals surface area contributed by atoms with E-state index in [1.165, 1.54) is 17.0 Å². The molecule has 1 nitrogen and oxygen atoms in total. The van der Waals surface area contributed by atoms with E-state index in [0.717, 1.165) is 6.54 Å². The molecule has 2 heteroatoms. The number of rotatable bonds is 1. The van der Waals surface area contributed by atoms with E-state index in [1.807, 2.05) is 11.8 Å². The van der Waals surface area contributed by atoms with E-state index in [0.29, 0.717) is 0 Å². The van der Waals surface area contributed by atoms with Gasteiger partial charge < -0.3 is 5.32 Å². The highest BCUT2D eigenvalue weighted by Gasteiger charge is 2.06. The fourth-order valence-corrected chi connectivity index (χ4v) is 1.57. The Morgan fingerprint density at radius 1 is 1.62 bits per heavy atom. The van der Waals surface area contributed by atoms with Gasteiger partial charge in [0.05, 0.1) is 5.03 Å². The molecule has 0 aromatic carbocycles. The molecule has 1 rings (SSSR count). The second kappa shape index (κ2) is 2.44. The van der Waals surface area contributed by atoms with Gasteiger partial charge in [0.1, 0.15) is 0 Å². The molecule has 0 saturated carbocycles. The second-order valence-corrected chi connectivity index (χ2v) is 2.81. The summed E-state index contributed by atoms with van der Waals surface area (Å²) in [7, 11) is 0. The van der Waals surface area contributed by atoms with Gasteiger partial charge in [0.2, 0.25) is 0 Å². The molecular weight excluding hydrogens is 118 g/mol. The van der Waals surface area contributed by atoms with Crippen molar-refractivity contribution in [1.82, 2.24) is 5.32 Å². The van der Waals surface area contributed by atoms with Gasteiger partial charge in [-0.15, -0.1) is 11.8 Å². The van der Waals surface area contributed by atoms with Crippen LogP contribution in [0.4, 0.5) is 0 Å². The van der Waals surface area contributed by atoms with Crippen molar-refractivity contribution in [3.8, 4) is 0 Å². The molecule has 0 spiro atoms. The lowest BCUT2D eigenvalue weighted by atomic mass is 10.3. The summed E-state index contributed by atoms with van der Waals surface area (Å²) in [6.07, 6.45) is 3.34. The van der Waals surface area contributed by atoms with Crippen LogP contribution in [0.3, 0.4) is 0 Å². The zero-order valence-electron chi connectivity index (χ0n) is 5.32. The fourth-order valence-electron chi connectivity index (χ4n) is 0.874. The third-order valence-corrected chi connectivity index (χ3v) is 2.28. The van der Waals surface area contributed by atoms with E-state index >= 15 is 0 Å². The van der Waals surface area contributed by atoms with Crippen LogP contribution in [0.25, 0.3) is 0 Å². The Morgan fingerprint density at radius 3 is 2.62 bits per heavy atom. The number of nitrogens with one attached hydrogen (secondary N) is 1. The lowest BCUT2D eigenvalue weighted by molar-refractivity contribution is 0.899. The first-order valence-electron chi connectivity index (χ1n) is 2.82. The molecule has 0 bridgehead atoms. The largest absolute Gasteiger partial charge is 0.380 e. The molecular formula is C6H11NS. The average Bonchev–Trinajstić information content (AvgIpc) is 2.14. The van der Waals surface area contributed by atoms with Crippen molar-refractivity contribution in [2.24, 2.45) is 0 Å². The normalized spacial score (nSPS) is 19.2. The minimum absolute atomic E-state index is 1.14. The fraction of sp³-hybridized carbons (Fsp3) is 0.667. The van der Waals surface area contributed by atoms with Gasteiger partial charge in [0.15, 0.2) is 0 Å². The van der Waals surface area contributed by atoms with Crippen LogP contribution in [-0.4, -0.2) is 12.8 Å². The van der Waals surface area contributed by atoms with E-state index in [2.05, 4.69) is 18.5 Å². The smallest absolute Gasteiger partial charge is 0.0668 e. The maximum atomic E-state index is 3.30. The molecule has 0 saturated heterocycles. The van der Waals surface area contributed by atoms with Gasteiger partial charge in [0, 0.05) is 6.54 Å². The summed E-state index contributed by atoms with van der Waals surface area (Å²) in [5.74, 6) is 0. The second-order valence-electron chi connectivity index (χ2n) is 1.99. The van der Waals surface area contributed by atoms with Gasteiger partial charge in [-0.3, -0.25) is 0 Å². The summed E-state index contributed by atoms with van der Waals surface area (Å²) in [5.41, 5.74) is 1.51. The molecule has 1 aliphatic rings. The van der Waals surface area contributed by atoms with Crippen LogP contribution in [0, 0.1) is 0 Å². The Labute approximate surface area is 54.5 Å². The van der Waals surface area contributed by atoms with Crippen molar-refractivity contribution in [3.05, 3.63) is 10.6 Å². The highest BCUT2D eigenvalue weighted by Crippen LogP contribution is 2.20. The van der Waals surface area contributed by atoms with Crippen LogP contribution in [0.2, 0.25) is 0 Å². The maximum Gasteiger partial charge on any atom is 0.0668 e. The van der Waals surface area contributed by atoms with Crippen molar-refractivity contribution < 1.29 is 0 Å². The summed E-state index contributed by atoms with van der Waals surface area (Å²) < 4.78 is 0. The van der Waals surface area contributed by atoms with Crippen molar-refractivity contribution in [2.75, 3.05) is 12.8 Å². The van der Waals surface area contributed by atoms with Crippen LogP contribution in [0.5, 0.6) is 0 Å². The van der Waals surface area contributed by atoms with Gasteiger partial charge in [-0.2, -0.15) is 0 Å². The molecule has 0 fully saturated rings. The van der Waals surface area contributed by atoms with Crippen LogP contribution in [0.1, 0.15) is 13.3 Å². The van der Waals surface area contributed by atoms with E-state index < -0.39 is 0 Å². The van der Waals surface area contributed by atoms with Gasteiger partial charge in [-0.25, -0.2) is 0 Å². The first-order chi connectivity index (χ1) is 3.84. The van der Waals surface area contributed by atoms with Gasteiger partial charge in [-0.1, -0.05) is 0 Å². The Kier molecular flexibility index (Phi) is 1.84. The monoisotopic (exact) mass is 129 g/mol. The quantitative estimate of drug-likeness (QED) is 0.577. The van der Waals surface area contributed by atoms with Crippen molar-refractivity contribution in [1.29, 1.82) is 0 Å². The van der Waals surface area contributed by atoms with E-state index in [1.54, 1.807) is 0 Å². The Morgan fingerprint density at radius 2 is 2.38 bits per heavy atom. The summed E-state index contributed by atoms with van der Waals surface area (Å²) in [6.45, 7) is 3.33. The van der Waals surface area contributed by atoms with Crippen LogP contribution < -0.4 is 5.32 Å². The predicted octanol–water partition coefficient (Wildman–Crippen LogP) is 1.57. The van der Waals surface area contributed by atoms with Gasteiger partial charge in [0.25, 0.3) is 0 Å². The number of thioether (sulfide) groups is 1. The summed E-state index contributed by atoms with van der Waals surface area (Å²) in [6, 6.07) is 0.